The van der Waals surface area contributed by atoms with Gasteiger partial charge in [-0.05, 0) is 56.6 Å². The number of halogens is 3. The molecule has 1 amide bonds. The van der Waals surface area contributed by atoms with Gasteiger partial charge in [-0.25, -0.2) is 4.98 Å². The fourth-order valence-corrected chi connectivity index (χ4v) is 6.21. The van der Waals surface area contributed by atoms with Crippen molar-refractivity contribution in [2.24, 2.45) is 0 Å². The van der Waals surface area contributed by atoms with Gasteiger partial charge >= 0.3 is 6.18 Å². The number of rotatable bonds is 7. The first-order valence-corrected chi connectivity index (χ1v) is 13.5. The van der Waals surface area contributed by atoms with Crippen LogP contribution in [0.25, 0.3) is 0 Å². The first kappa shape index (κ1) is 27.1. The zero-order valence-corrected chi connectivity index (χ0v) is 23.3. The number of nitrogens with one attached hydrogen (secondary N) is 3. The van der Waals surface area contributed by atoms with E-state index < -0.39 is 17.2 Å². The molecule has 2 bridgehead atoms. The minimum atomic E-state index is -4.67. The number of nitrogens with zero attached hydrogens (tertiary/aromatic N) is 4. The Morgan fingerprint density at radius 3 is 2.66 bits per heavy atom. The SMILES string of the molecule is COc1cc(N2CC3CC2CN3C)ccc1Nc1ncc(C(F)(F)F)c(NCc2cccc3c2C(C)(C)C(=O)N3)n1. The predicted molar refractivity (Wildman–Crippen MR) is 151 cm³/mol. The molecule has 41 heavy (non-hydrogen) atoms. The van der Waals surface area contributed by atoms with E-state index in [4.69, 9.17) is 4.74 Å². The molecule has 2 unspecified atom stereocenters. The number of anilines is 5. The average molecular weight is 568 g/mol. The highest BCUT2D eigenvalue weighted by atomic mass is 19.4. The Morgan fingerprint density at radius 2 is 1.98 bits per heavy atom. The standard InChI is InChI=1S/C29H32F3N7O2/c1-28(2)24-16(6-5-7-22(24)35-26(28)40)12-33-25-20(29(30,31)32)13-34-27(37-25)36-21-9-8-17(11-23(21)41-4)39-15-18-10-19(39)14-38(18)3/h5-9,11,13,18-19H,10,12,14-15H2,1-4H3,(H,35,40)(H2,33,34,36,37). The zero-order valence-electron chi connectivity index (χ0n) is 23.3. The van der Waals surface area contributed by atoms with Crippen LogP contribution in [0.2, 0.25) is 0 Å². The number of likely N-dealkylation sites (N-methyl/N-ethyl adjacent to an activating group) is 1. The van der Waals surface area contributed by atoms with Gasteiger partial charge in [-0.15, -0.1) is 0 Å². The number of ether oxygens (including phenoxy) is 1. The number of benzene rings is 2. The quantitative estimate of drug-likeness (QED) is 0.368. The number of amides is 1. The smallest absolute Gasteiger partial charge is 0.421 e. The molecule has 2 aromatic carbocycles. The van der Waals surface area contributed by atoms with Crippen LogP contribution in [0.4, 0.5) is 42.0 Å². The number of aromatic nitrogens is 2. The number of piperazine rings is 1. The van der Waals surface area contributed by atoms with Crippen LogP contribution in [0.5, 0.6) is 5.75 Å². The number of hydrogen-bond donors (Lipinski definition) is 3. The molecule has 0 radical (unpaired) electrons. The van der Waals surface area contributed by atoms with E-state index in [2.05, 4.69) is 42.8 Å². The summed E-state index contributed by atoms with van der Waals surface area (Å²) in [6, 6.07) is 12.1. The van der Waals surface area contributed by atoms with Crippen LogP contribution < -0.4 is 25.6 Å². The number of hydrogen-bond acceptors (Lipinski definition) is 8. The van der Waals surface area contributed by atoms with Crippen LogP contribution in [-0.4, -0.2) is 60.1 Å². The van der Waals surface area contributed by atoms with Crippen molar-refractivity contribution in [3.63, 3.8) is 0 Å². The summed E-state index contributed by atoms with van der Waals surface area (Å²) < 4.78 is 47.3. The number of likely N-dealkylation sites (tertiary alicyclic amines) is 1. The van der Waals surface area contributed by atoms with Gasteiger partial charge in [0.2, 0.25) is 11.9 Å². The number of methoxy groups -OCH3 is 1. The highest BCUT2D eigenvalue weighted by molar-refractivity contribution is 6.06. The van der Waals surface area contributed by atoms with Gasteiger partial charge in [-0.3, -0.25) is 9.69 Å². The van der Waals surface area contributed by atoms with Crippen molar-refractivity contribution in [1.29, 1.82) is 0 Å². The van der Waals surface area contributed by atoms with E-state index in [1.807, 2.05) is 18.2 Å². The number of alkyl halides is 3. The van der Waals surface area contributed by atoms with Crippen molar-refractivity contribution in [3.8, 4) is 5.75 Å². The molecule has 0 aliphatic carbocycles. The molecule has 4 heterocycles. The van der Waals surface area contributed by atoms with Gasteiger partial charge in [0.05, 0.1) is 18.2 Å². The van der Waals surface area contributed by atoms with E-state index in [-0.39, 0.29) is 24.2 Å². The molecule has 0 saturated carbocycles. The number of fused-ring (bicyclic) bond motifs is 3. The van der Waals surface area contributed by atoms with E-state index in [0.717, 1.165) is 37.0 Å². The minimum Gasteiger partial charge on any atom is -0.494 e. The molecule has 2 atom stereocenters. The maximum absolute atomic E-state index is 13.9. The molecule has 2 fully saturated rings. The Morgan fingerprint density at radius 1 is 1.17 bits per heavy atom. The van der Waals surface area contributed by atoms with Crippen LogP contribution in [0.15, 0.2) is 42.6 Å². The normalized spacial score (nSPS) is 21.1. The van der Waals surface area contributed by atoms with Gasteiger partial charge in [0.1, 0.15) is 17.1 Å². The molecule has 3 aromatic rings. The lowest BCUT2D eigenvalue weighted by atomic mass is 9.83. The molecule has 3 aliphatic heterocycles. The summed E-state index contributed by atoms with van der Waals surface area (Å²) in [5.74, 6) is 0.00392. The Balaban J connectivity index is 1.25. The second-order valence-corrected chi connectivity index (χ2v) is 11.4. The van der Waals surface area contributed by atoms with E-state index >= 15 is 0 Å². The highest BCUT2D eigenvalue weighted by Crippen LogP contribution is 2.41. The highest BCUT2D eigenvalue weighted by Gasteiger charge is 2.42. The summed E-state index contributed by atoms with van der Waals surface area (Å²) >= 11 is 0. The molecule has 1 aromatic heterocycles. The predicted octanol–water partition coefficient (Wildman–Crippen LogP) is 4.98. The first-order chi connectivity index (χ1) is 19.5. The topological polar surface area (TPSA) is 94.7 Å². The summed E-state index contributed by atoms with van der Waals surface area (Å²) in [6.45, 7) is 5.57. The lowest BCUT2D eigenvalue weighted by molar-refractivity contribution is -0.137. The number of carbonyl (C=O) groups excluding carboxylic acids is 1. The van der Waals surface area contributed by atoms with Crippen molar-refractivity contribution in [3.05, 3.63) is 59.3 Å². The van der Waals surface area contributed by atoms with Gasteiger partial charge in [-0.1, -0.05) is 12.1 Å². The molecule has 3 aliphatic rings. The maximum atomic E-state index is 13.9. The number of carbonyl (C=O) groups is 1. The van der Waals surface area contributed by atoms with Crippen molar-refractivity contribution in [2.75, 3.05) is 48.1 Å². The largest absolute Gasteiger partial charge is 0.494 e. The van der Waals surface area contributed by atoms with Crippen molar-refractivity contribution < 1.29 is 22.7 Å². The third-order valence-electron chi connectivity index (χ3n) is 8.41. The summed E-state index contributed by atoms with van der Waals surface area (Å²) in [5, 5.41) is 8.71. The third-order valence-corrected chi connectivity index (χ3v) is 8.41. The molecule has 9 nitrogen and oxygen atoms in total. The van der Waals surface area contributed by atoms with Crippen molar-refractivity contribution >= 4 is 34.7 Å². The van der Waals surface area contributed by atoms with E-state index in [0.29, 0.717) is 34.8 Å². The molecule has 12 heteroatoms. The Kier molecular flexibility index (Phi) is 6.48. The third kappa shape index (κ3) is 4.79. The summed E-state index contributed by atoms with van der Waals surface area (Å²) in [7, 11) is 3.70. The van der Waals surface area contributed by atoms with Gasteiger partial charge in [-0.2, -0.15) is 18.2 Å². The Labute approximate surface area is 236 Å². The lowest BCUT2D eigenvalue weighted by Gasteiger charge is -2.34. The average Bonchev–Trinajstić information content (AvgIpc) is 3.57. The van der Waals surface area contributed by atoms with Crippen LogP contribution in [0.3, 0.4) is 0 Å². The van der Waals surface area contributed by atoms with Crippen LogP contribution in [-0.2, 0) is 22.9 Å². The van der Waals surface area contributed by atoms with E-state index in [1.54, 1.807) is 39.2 Å². The Bertz CT molecular complexity index is 1510. The van der Waals surface area contributed by atoms with Crippen molar-refractivity contribution in [1.82, 2.24) is 14.9 Å². The molecule has 3 N–H and O–H groups in total. The van der Waals surface area contributed by atoms with Crippen LogP contribution in [0.1, 0.15) is 37.0 Å². The Hall–Kier alpha value is -4.06. The lowest BCUT2D eigenvalue weighted by Crippen LogP contribution is -2.44. The van der Waals surface area contributed by atoms with Gasteiger partial charge in [0.15, 0.2) is 0 Å². The minimum absolute atomic E-state index is 0.0103. The molecule has 0 spiro atoms. The second kappa shape index (κ2) is 9.79. The fourth-order valence-electron chi connectivity index (χ4n) is 6.21. The van der Waals surface area contributed by atoms with Crippen molar-refractivity contribution in [2.45, 2.75) is 50.5 Å². The monoisotopic (exact) mass is 567 g/mol. The van der Waals surface area contributed by atoms with Crippen LogP contribution >= 0.6 is 0 Å². The molecule has 216 valence electrons. The maximum Gasteiger partial charge on any atom is 0.421 e. The fraction of sp³-hybridized carbons (Fsp3) is 0.414. The first-order valence-electron chi connectivity index (χ1n) is 13.5. The summed E-state index contributed by atoms with van der Waals surface area (Å²) in [5.41, 5.74) is 1.88. The van der Waals surface area contributed by atoms with E-state index in [1.165, 1.54) is 0 Å². The van der Waals surface area contributed by atoms with Gasteiger partial charge in [0, 0.05) is 55.4 Å². The van der Waals surface area contributed by atoms with E-state index in [9.17, 15) is 18.0 Å². The molecule has 2 saturated heterocycles. The molecular weight excluding hydrogens is 535 g/mol. The van der Waals surface area contributed by atoms with Gasteiger partial charge < -0.3 is 25.6 Å². The molecular formula is C29H32F3N7O2. The molecule has 6 rings (SSSR count). The van der Waals surface area contributed by atoms with Gasteiger partial charge in [0.25, 0.3) is 0 Å². The summed E-state index contributed by atoms with van der Waals surface area (Å²) in [6.07, 6.45) is -2.77. The second-order valence-electron chi connectivity index (χ2n) is 11.4. The summed E-state index contributed by atoms with van der Waals surface area (Å²) in [4.78, 5) is 25.4. The zero-order chi connectivity index (χ0) is 29.1. The van der Waals surface area contributed by atoms with Crippen LogP contribution in [0, 0.1) is 0 Å².